The maximum atomic E-state index is 11.1. The zero-order valence-electron chi connectivity index (χ0n) is 8.69. The third-order valence-electron chi connectivity index (χ3n) is 2.75. The van der Waals surface area contributed by atoms with Crippen molar-refractivity contribution >= 4 is 5.97 Å². The van der Waals surface area contributed by atoms with Gasteiger partial charge in [-0.15, -0.1) is 0 Å². The van der Waals surface area contributed by atoms with Crippen molar-refractivity contribution in [2.45, 2.75) is 25.7 Å². The van der Waals surface area contributed by atoms with E-state index >= 15 is 0 Å². The minimum Gasteiger partial charge on any atom is -0.508 e. The molecule has 82 valence electrons. The number of aromatic hydroxyl groups is 2. The molecule has 1 unspecified atom stereocenters. The van der Waals surface area contributed by atoms with E-state index in [0.29, 0.717) is 6.42 Å². The molecule has 1 aromatic carbocycles. The minimum atomic E-state index is -1.18. The summed E-state index contributed by atoms with van der Waals surface area (Å²) in [5.41, 5.74) is -0.944. The summed E-state index contributed by atoms with van der Waals surface area (Å²) in [7, 11) is 0. The van der Waals surface area contributed by atoms with E-state index in [4.69, 9.17) is 5.11 Å². The van der Waals surface area contributed by atoms with Gasteiger partial charge in [-0.1, -0.05) is 6.92 Å². The Labute approximate surface area is 87.8 Å². The Balaban J connectivity index is 3.35. The van der Waals surface area contributed by atoms with E-state index in [1.807, 2.05) is 0 Å². The molecule has 0 fully saturated rings. The summed E-state index contributed by atoms with van der Waals surface area (Å²) in [5.74, 6) is -1.19. The van der Waals surface area contributed by atoms with E-state index in [2.05, 4.69) is 0 Å². The fraction of sp³-hybridized carbons (Fsp3) is 0.364. The van der Waals surface area contributed by atoms with Crippen LogP contribution in [0.25, 0.3) is 0 Å². The Morgan fingerprint density at radius 2 is 2.00 bits per heavy atom. The van der Waals surface area contributed by atoms with Gasteiger partial charge < -0.3 is 15.3 Å². The zero-order chi connectivity index (χ0) is 11.6. The van der Waals surface area contributed by atoms with Gasteiger partial charge in [-0.05, 0) is 31.5 Å². The Morgan fingerprint density at radius 1 is 1.40 bits per heavy atom. The van der Waals surface area contributed by atoms with Gasteiger partial charge in [-0.3, -0.25) is 4.79 Å². The largest absolute Gasteiger partial charge is 0.508 e. The van der Waals surface area contributed by atoms with Crippen LogP contribution in [0, 0.1) is 0 Å². The summed E-state index contributed by atoms with van der Waals surface area (Å²) in [6.07, 6.45) is 0.333. The van der Waals surface area contributed by atoms with Gasteiger partial charge >= 0.3 is 5.97 Å². The van der Waals surface area contributed by atoms with E-state index in [9.17, 15) is 15.0 Å². The first-order valence-electron chi connectivity index (χ1n) is 4.67. The van der Waals surface area contributed by atoms with Crippen LogP contribution < -0.4 is 0 Å². The van der Waals surface area contributed by atoms with Gasteiger partial charge in [0.2, 0.25) is 0 Å². The van der Waals surface area contributed by atoms with Crippen LogP contribution in [0.2, 0.25) is 0 Å². The van der Waals surface area contributed by atoms with Gasteiger partial charge in [0.1, 0.15) is 11.5 Å². The Bertz CT molecular complexity index is 386. The molecule has 1 rings (SSSR count). The molecular formula is C11H14O4. The van der Waals surface area contributed by atoms with Crippen molar-refractivity contribution in [2.75, 3.05) is 0 Å². The van der Waals surface area contributed by atoms with Crippen LogP contribution in [-0.4, -0.2) is 21.3 Å². The highest BCUT2D eigenvalue weighted by Crippen LogP contribution is 2.36. The van der Waals surface area contributed by atoms with Crippen molar-refractivity contribution in [1.29, 1.82) is 0 Å². The van der Waals surface area contributed by atoms with Gasteiger partial charge in [0, 0.05) is 5.56 Å². The molecule has 4 heteroatoms. The van der Waals surface area contributed by atoms with E-state index in [0.717, 1.165) is 0 Å². The molecule has 0 aliphatic carbocycles. The number of carbonyl (C=O) groups is 1. The predicted octanol–water partition coefficient (Wildman–Crippen LogP) is 1.85. The van der Waals surface area contributed by atoms with Gasteiger partial charge in [0.25, 0.3) is 0 Å². The maximum absolute atomic E-state index is 11.1. The first-order valence-corrected chi connectivity index (χ1v) is 4.67. The first kappa shape index (κ1) is 11.4. The molecule has 0 amide bonds. The summed E-state index contributed by atoms with van der Waals surface area (Å²) < 4.78 is 0. The maximum Gasteiger partial charge on any atom is 0.313 e. The molecule has 0 aliphatic heterocycles. The minimum absolute atomic E-state index is 0.0521. The lowest BCUT2D eigenvalue weighted by Crippen LogP contribution is -2.31. The van der Waals surface area contributed by atoms with Crippen LogP contribution in [0.1, 0.15) is 25.8 Å². The van der Waals surface area contributed by atoms with Crippen molar-refractivity contribution in [3.8, 4) is 11.5 Å². The van der Waals surface area contributed by atoms with Crippen LogP contribution >= 0.6 is 0 Å². The number of phenolic OH excluding ortho intramolecular Hbond substituents is 2. The molecule has 0 bridgehead atoms. The van der Waals surface area contributed by atoms with Crippen LogP contribution in [-0.2, 0) is 10.2 Å². The SMILES string of the molecule is CCC(C)(C(=O)O)c1cc(O)ccc1O. The molecule has 0 aliphatic rings. The number of aliphatic carboxylic acids is 1. The summed E-state index contributed by atoms with van der Waals surface area (Å²) in [4.78, 5) is 11.1. The lowest BCUT2D eigenvalue weighted by atomic mass is 9.79. The Kier molecular flexibility index (Phi) is 2.88. The van der Waals surface area contributed by atoms with Gasteiger partial charge in [0.15, 0.2) is 0 Å². The van der Waals surface area contributed by atoms with E-state index in [-0.39, 0.29) is 17.1 Å². The second kappa shape index (κ2) is 3.81. The fourth-order valence-corrected chi connectivity index (χ4v) is 1.42. The van der Waals surface area contributed by atoms with Gasteiger partial charge in [-0.2, -0.15) is 0 Å². The van der Waals surface area contributed by atoms with Gasteiger partial charge in [0.05, 0.1) is 5.41 Å². The zero-order valence-corrected chi connectivity index (χ0v) is 8.69. The molecule has 0 saturated heterocycles. The van der Waals surface area contributed by atoms with Crippen LogP contribution in [0.5, 0.6) is 11.5 Å². The molecule has 0 spiro atoms. The number of rotatable bonds is 3. The summed E-state index contributed by atoms with van der Waals surface area (Å²) in [6, 6.07) is 3.89. The molecule has 3 N–H and O–H groups in total. The fourth-order valence-electron chi connectivity index (χ4n) is 1.42. The van der Waals surface area contributed by atoms with Crippen molar-refractivity contribution in [3.05, 3.63) is 23.8 Å². The average molecular weight is 210 g/mol. The molecule has 0 saturated carbocycles. The number of hydrogen-bond acceptors (Lipinski definition) is 3. The third kappa shape index (κ3) is 1.88. The highest BCUT2D eigenvalue weighted by molar-refractivity contribution is 5.82. The monoisotopic (exact) mass is 210 g/mol. The standard InChI is InChI=1S/C11H14O4/c1-3-11(2,10(14)15)8-6-7(12)4-5-9(8)13/h4-6,12-13H,3H2,1-2H3,(H,14,15). The van der Waals surface area contributed by atoms with Crippen LogP contribution in [0.4, 0.5) is 0 Å². The van der Waals surface area contributed by atoms with Crippen molar-refractivity contribution in [2.24, 2.45) is 0 Å². The smallest absolute Gasteiger partial charge is 0.313 e. The number of benzene rings is 1. The predicted molar refractivity (Wildman–Crippen MR) is 55.1 cm³/mol. The molecule has 1 aromatic rings. The van der Waals surface area contributed by atoms with Crippen molar-refractivity contribution in [3.63, 3.8) is 0 Å². The number of phenols is 2. The Hall–Kier alpha value is -1.71. The first-order chi connectivity index (χ1) is 6.91. The second-order valence-corrected chi connectivity index (χ2v) is 3.69. The second-order valence-electron chi connectivity index (χ2n) is 3.69. The van der Waals surface area contributed by atoms with Crippen molar-refractivity contribution in [1.82, 2.24) is 0 Å². The molecule has 0 heterocycles. The molecular weight excluding hydrogens is 196 g/mol. The highest BCUT2D eigenvalue weighted by Gasteiger charge is 2.35. The molecule has 1 atom stereocenters. The lowest BCUT2D eigenvalue weighted by Gasteiger charge is -2.24. The van der Waals surface area contributed by atoms with Gasteiger partial charge in [-0.25, -0.2) is 0 Å². The van der Waals surface area contributed by atoms with Crippen LogP contribution in [0.15, 0.2) is 18.2 Å². The number of hydrogen-bond donors (Lipinski definition) is 3. The average Bonchev–Trinajstić information content (AvgIpc) is 2.20. The number of carboxylic acid groups (broad SMARTS) is 1. The third-order valence-corrected chi connectivity index (χ3v) is 2.75. The van der Waals surface area contributed by atoms with E-state index in [1.54, 1.807) is 6.92 Å². The highest BCUT2D eigenvalue weighted by atomic mass is 16.4. The molecule has 4 nitrogen and oxygen atoms in total. The summed E-state index contributed by atoms with van der Waals surface area (Å²) in [5, 5.41) is 28.0. The van der Waals surface area contributed by atoms with E-state index < -0.39 is 11.4 Å². The molecule has 15 heavy (non-hydrogen) atoms. The van der Waals surface area contributed by atoms with E-state index in [1.165, 1.54) is 25.1 Å². The normalized spacial score (nSPS) is 14.5. The molecule has 0 radical (unpaired) electrons. The lowest BCUT2D eigenvalue weighted by molar-refractivity contribution is -0.143. The van der Waals surface area contributed by atoms with Crippen LogP contribution in [0.3, 0.4) is 0 Å². The summed E-state index contributed by atoms with van der Waals surface area (Å²) >= 11 is 0. The summed E-state index contributed by atoms with van der Waals surface area (Å²) in [6.45, 7) is 3.24. The van der Waals surface area contributed by atoms with Crippen molar-refractivity contribution < 1.29 is 20.1 Å². The number of carboxylic acids is 1. The quantitative estimate of drug-likeness (QED) is 0.665. The Morgan fingerprint density at radius 3 is 2.47 bits per heavy atom. The topological polar surface area (TPSA) is 77.8 Å². The molecule has 0 aromatic heterocycles.